The van der Waals surface area contributed by atoms with Crippen LogP contribution in [0.25, 0.3) is 0 Å². The van der Waals surface area contributed by atoms with E-state index in [0.717, 1.165) is 32.5 Å². The number of aromatic nitrogens is 2. The number of imidazole rings is 1. The van der Waals surface area contributed by atoms with Gasteiger partial charge in [-0.15, -0.1) is 0 Å². The number of aliphatic hydroxyl groups is 1. The maximum atomic E-state index is 10.4. The number of piperidine rings is 1. The van der Waals surface area contributed by atoms with Crippen molar-refractivity contribution in [3.05, 3.63) is 54.1 Å². The first-order valence-electron chi connectivity index (χ1n) is 8.18. The highest BCUT2D eigenvalue weighted by Gasteiger charge is 2.28. The van der Waals surface area contributed by atoms with Gasteiger partial charge in [0.15, 0.2) is 0 Å². The van der Waals surface area contributed by atoms with Crippen LogP contribution in [-0.4, -0.2) is 39.6 Å². The van der Waals surface area contributed by atoms with Gasteiger partial charge in [-0.2, -0.15) is 0 Å². The van der Waals surface area contributed by atoms with Crippen LogP contribution in [0, 0.1) is 5.92 Å². The van der Waals surface area contributed by atoms with E-state index in [4.69, 9.17) is 0 Å². The molecule has 1 aromatic carbocycles. The second kappa shape index (κ2) is 7.07. The van der Waals surface area contributed by atoms with Crippen LogP contribution in [0.15, 0.2) is 42.7 Å². The lowest BCUT2D eigenvalue weighted by atomic mass is 9.90. The minimum Gasteiger partial charge on any atom is -0.385 e. The van der Waals surface area contributed by atoms with Gasteiger partial charge in [0.1, 0.15) is 11.9 Å². The highest BCUT2D eigenvalue weighted by molar-refractivity contribution is 5.19. The molecular formula is C18H25N3O. The minimum atomic E-state index is -0.455. The molecule has 0 unspecified atom stereocenters. The molecular weight excluding hydrogens is 274 g/mol. The molecule has 0 spiro atoms. The lowest BCUT2D eigenvalue weighted by Gasteiger charge is -2.35. The van der Waals surface area contributed by atoms with Gasteiger partial charge in [0, 0.05) is 18.9 Å². The van der Waals surface area contributed by atoms with E-state index in [9.17, 15) is 5.11 Å². The van der Waals surface area contributed by atoms with Crippen molar-refractivity contribution < 1.29 is 5.11 Å². The third-order valence-electron chi connectivity index (χ3n) is 4.78. The lowest BCUT2D eigenvalue weighted by Crippen LogP contribution is -2.37. The number of likely N-dealkylation sites (tertiary alicyclic amines) is 1. The Bertz CT molecular complexity index is 547. The SMILES string of the molecule is C[C@H](CN1CCC([C@H](O)c2ncc[nH]2)CC1)c1ccccc1. The maximum Gasteiger partial charge on any atom is 0.135 e. The molecule has 2 heterocycles. The Morgan fingerprint density at radius 1 is 1.27 bits per heavy atom. The molecule has 1 aromatic heterocycles. The van der Waals surface area contributed by atoms with Crippen LogP contribution in [0.4, 0.5) is 0 Å². The molecule has 2 aromatic rings. The number of aromatic amines is 1. The highest BCUT2D eigenvalue weighted by Crippen LogP contribution is 2.29. The fourth-order valence-corrected chi connectivity index (χ4v) is 3.39. The molecule has 3 rings (SSSR count). The zero-order valence-corrected chi connectivity index (χ0v) is 13.2. The molecule has 1 aliphatic heterocycles. The van der Waals surface area contributed by atoms with Gasteiger partial charge in [0.25, 0.3) is 0 Å². The Morgan fingerprint density at radius 2 is 2.00 bits per heavy atom. The molecule has 1 aliphatic rings. The standard InChI is InChI=1S/C18H25N3O/c1-14(15-5-3-2-4-6-15)13-21-11-7-16(8-12-21)17(22)18-19-9-10-20-18/h2-6,9-10,14,16-17,22H,7-8,11-13H2,1H3,(H,19,20)/t14-,17+/m1/s1. The van der Waals surface area contributed by atoms with Crippen molar-refractivity contribution in [1.82, 2.24) is 14.9 Å². The Morgan fingerprint density at radius 3 is 2.64 bits per heavy atom. The second-order valence-corrected chi connectivity index (χ2v) is 6.37. The summed E-state index contributed by atoms with van der Waals surface area (Å²) >= 11 is 0. The van der Waals surface area contributed by atoms with Crippen LogP contribution in [0.2, 0.25) is 0 Å². The Labute approximate surface area is 132 Å². The lowest BCUT2D eigenvalue weighted by molar-refractivity contribution is 0.0523. The first kappa shape index (κ1) is 15.3. The molecule has 2 atom stereocenters. The fraction of sp³-hybridized carbons (Fsp3) is 0.500. The number of benzene rings is 1. The molecule has 0 aliphatic carbocycles. The average Bonchev–Trinajstić information content (AvgIpc) is 3.10. The topological polar surface area (TPSA) is 52.1 Å². The molecule has 0 amide bonds. The summed E-state index contributed by atoms with van der Waals surface area (Å²) in [5.74, 6) is 1.57. The number of hydrogen-bond acceptors (Lipinski definition) is 3. The fourth-order valence-electron chi connectivity index (χ4n) is 3.39. The number of nitrogens with one attached hydrogen (secondary N) is 1. The number of aliphatic hydroxyl groups excluding tert-OH is 1. The van der Waals surface area contributed by atoms with Gasteiger partial charge in [-0.05, 0) is 43.3 Å². The number of hydrogen-bond donors (Lipinski definition) is 2. The number of rotatable bonds is 5. The van der Waals surface area contributed by atoms with E-state index < -0.39 is 6.10 Å². The normalized spacial score (nSPS) is 19.9. The van der Waals surface area contributed by atoms with Gasteiger partial charge in [-0.1, -0.05) is 37.3 Å². The van der Waals surface area contributed by atoms with E-state index in [1.165, 1.54) is 5.56 Å². The first-order valence-corrected chi connectivity index (χ1v) is 8.18. The molecule has 1 fully saturated rings. The second-order valence-electron chi connectivity index (χ2n) is 6.37. The van der Waals surface area contributed by atoms with Crippen molar-refractivity contribution in [3.8, 4) is 0 Å². The molecule has 2 N–H and O–H groups in total. The van der Waals surface area contributed by atoms with E-state index >= 15 is 0 Å². The van der Waals surface area contributed by atoms with E-state index in [1.54, 1.807) is 12.4 Å². The Balaban J connectivity index is 1.50. The highest BCUT2D eigenvalue weighted by atomic mass is 16.3. The van der Waals surface area contributed by atoms with Crippen molar-refractivity contribution in [1.29, 1.82) is 0 Å². The largest absolute Gasteiger partial charge is 0.385 e. The molecule has 22 heavy (non-hydrogen) atoms. The zero-order valence-electron chi connectivity index (χ0n) is 13.2. The van der Waals surface area contributed by atoms with Crippen molar-refractivity contribution in [2.75, 3.05) is 19.6 Å². The van der Waals surface area contributed by atoms with Crippen LogP contribution in [0.1, 0.15) is 43.2 Å². The van der Waals surface area contributed by atoms with Crippen LogP contribution < -0.4 is 0 Å². The summed E-state index contributed by atoms with van der Waals surface area (Å²) in [6.45, 7) is 5.49. The van der Waals surface area contributed by atoms with Gasteiger partial charge in [-0.3, -0.25) is 0 Å². The summed E-state index contributed by atoms with van der Waals surface area (Å²) in [5, 5.41) is 10.4. The molecule has 4 heteroatoms. The Kier molecular flexibility index (Phi) is 4.90. The summed E-state index contributed by atoms with van der Waals surface area (Å²) in [7, 11) is 0. The van der Waals surface area contributed by atoms with Crippen LogP contribution in [0.5, 0.6) is 0 Å². The quantitative estimate of drug-likeness (QED) is 0.892. The van der Waals surface area contributed by atoms with Crippen LogP contribution in [-0.2, 0) is 0 Å². The third kappa shape index (κ3) is 3.57. The summed E-state index contributed by atoms with van der Waals surface area (Å²) in [6.07, 6.45) is 5.08. The van der Waals surface area contributed by atoms with Gasteiger partial charge < -0.3 is 15.0 Å². The van der Waals surface area contributed by atoms with E-state index in [0.29, 0.717) is 17.7 Å². The van der Waals surface area contributed by atoms with Crippen molar-refractivity contribution >= 4 is 0 Å². The summed E-state index contributed by atoms with van der Waals surface area (Å²) in [5.41, 5.74) is 1.40. The van der Waals surface area contributed by atoms with E-state index in [-0.39, 0.29) is 0 Å². The Hall–Kier alpha value is -1.65. The average molecular weight is 299 g/mol. The summed E-state index contributed by atoms with van der Waals surface area (Å²) < 4.78 is 0. The van der Waals surface area contributed by atoms with Crippen molar-refractivity contribution in [2.24, 2.45) is 5.92 Å². The van der Waals surface area contributed by atoms with Crippen molar-refractivity contribution in [2.45, 2.75) is 31.8 Å². The first-order chi connectivity index (χ1) is 10.7. The monoisotopic (exact) mass is 299 g/mol. The zero-order chi connectivity index (χ0) is 15.4. The van der Waals surface area contributed by atoms with Gasteiger partial charge in [-0.25, -0.2) is 4.98 Å². The maximum absolute atomic E-state index is 10.4. The van der Waals surface area contributed by atoms with E-state index in [2.05, 4.69) is 52.1 Å². The molecule has 1 saturated heterocycles. The third-order valence-corrected chi connectivity index (χ3v) is 4.78. The van der Waals surface area contributed by atoms with E-state index in [1.807, 2.05) is 0 Å². The number of H-pyrrole nitrogens is 1. The van der Waals surface area contributed by atoms with Crippen molar-refractivity contribution in [3.63, 3.8) is 0 Å². The predicted octanol–water partition coefficient (Wildman–Crippen LogP) is 2.96. The van der Waals surface area contributed by atoms with Gasteiger partial charge in [0.05, 0.1) is 0 Å². The summed E-state index contributed by atoms with van der Waals surface area (Å²) in [6, 6.07) is 10.7. The van der Waals surface area contributed by atoms with Crippen LogP contribution >= 0.6 is 0 Å². The minimum absolute atomic E-state index is 0.314. The van der Waals surface area contributed by atoms with Crippen LogP contribution in [0.3, 0.4) is 0 Å². The van der Waals surface area contributed by atoms with Gasteiger partial charge in [0.2, 0.25) is 0 Å². The smallest absolute Gasteiger partial charge is 0.135 e. The molecule has 0 bridgehead atoms. The molecule has 0 saturated carbocycles. The molecule has 118 valence electrons. The predicted molar refractivity (Wildman–Crippen MR) is 87.6 cm³/mol. The van der Waals surface area contributed by atoms with Gasteiger partial charge >= 0.3 is 0 Å². The molecule has 0 radical (unpaired) electrons. The number of nitrogens with zero attached hydrogens (tertiary/aromatic N) is 2. The summed E-state index contributed by atoms with van der Waals surface area (Å²) in [4.78, 5) is 9.72. The molecule has 4 nitrogen and oxygen atoms in total.